The van der Waals surface area contributed by atoms with Gasteiger partial charge in [-0.2, -0.15) is 6.07 Å². The molecule has 8 nitrogen and oxygen atoms in total. The average Bonchev–Trinajstić information content (AvgIpc) is 2.53. The van der Waals surface area contributed by atoms with Gasteiger partial charge in [-0.1, -0.05) is 154 Å². The molecule has 0 amide bonds. The molecule has 9 heteroatoms. The van der Waals surface area contributed by atoms with Crippen molar-refractivity contribution in [2.75, 3.05) is 9.80 Å². The van der Waals surface area contributed by atoms with Crippen molar-refractivity contribution in [3.63, 3.8) is 0 Å². The third-order valence-corrected chi connectivity index (χ3v) is 16.7. The van der Waals surface area contributed by atoms with Crippen LogP contribution in [-0.4, -0.2) is 29.1 Å². The number of fused-ring (bicyclic) bond motifs is 10. The third-order valence-electron chi connectivity index (χ3n) is 16.7. The van der Waals surface area contributed by atoms with Crippen LogP contribution in [0.15, 0.2) is 255 Å². The van der Waals surface area contributed by atoms with Gasteiger partial charge in [0.1, 0.15) is 11.6 Å². The summed E-state index contributed by atoms with van der Waals surface area (Å²) in [7, 11) is 0. The van der Waals surface area contributed by atoms with Gasteiger partial charge in [0.2, 0.25) is 0 Å². The molecule has 0 aliphatic carbocycles. The number of aromatic nitrogens is 6. The summed E-state index contributed by atoms with van der Waals surface area (Å²) in [5.41, 5.74) is 19.6. The summed E-state index contributed by atoms with van der Waals surface area (Å²) in [5, 5.41) is 4.83. The standard InChI is InChI=1S/C37H28N4.C37H26N4.Pt/c2*1-37(2)29-15-4-6-18-33(29)40(26-13-11-12-25(22-26)31-16-7-9-20-38-31)35-24-34-28(23-30(35)37)27-14-3-5-17-32(27)41(34)36-19-8-10-21-39-36;/h3-24H,1-2H3;3-21,23H,1-2H3;/q;-2;+2. The number of benzene rings is 8. The van der Waals surface area contributed by atoms with E-state index in [1.807, 2.05) is 73.3 Å². The predicted octanol–water partition coefficient (Wildman–Crippen LogP) is 18.3. The van der Waals surface area contributed by atoms with Crippen molar-refractivity contribution in [1.82, 2.24) is 29.1 Å². The van der Waals surface area contributed by atoms with Gasteiger partial charge < -0.3 is 19.4 Å². The van der Waals surface area contributed by atoms with Crippen LogP contribution in [0.5, 0.6) is 0 Å². The Morgan fingerprint density at radius 2 is 0.904 bits per heavy atom. The molecule has 14 aromatic rings. The molecular weight excluding hydrogens is 1200 g/mol. The number of pyridine rings is 4. The van der Waals surface area contributed by atoms with Gasteiger partial charge in [0, 0.05) is 63.4 Å². The predicted molar refractivity (Wildman–Crippen MR) is 335 cm³/mol. The second kappa shape index (κ2) is 20.3. The summed E-state index contributed by atoms with van der Waals surface area (Å²) >= 11 is 0. The van der Waals surface area contributed by atoms with Crippen molar-refractivity contribution < 1.29 is 21.1 Å². The molecule has 0 radical (unpaired) electrons. The summed E-state index contributed by atoms with van der Waals surface area (Å²) in [6.45, 7) is 9.31. The van der Waals surface area contributed by atoms with E-state index < -0.39 is 0 Å². The first kappa shape index (κ1) is 51.4. The first-order valence-corrected chi connectivity index (χ1v) is 27.9. The SMILES string of the molecule is CC1(C)c2cc3c4ccccc4n(-c4ccccn4)c3[c-]c2N(c2[c-]c(-c3ccccn3)ccc2)c2ccccc21.CC1(C)c2ccccc2N(c2cccc(-c3ccccn3)c2)c2cc3c(cc21)c1ccccc1n3-c1ccccn1.[Pt+2]. The molecule has 2 aliphatic heterocycles. The molecule has 0 unspecified atom stereocenters. The molecule has 6 aromatic heterocycles. The average molecular weight is 1250 g/mol. The smallest absolute Gasteiger partial charge is 0.352 e. The Kier molecular flexibility index (Phi) is 12.6. The Morgan fingerprint density at radius 1 is 0.361 bits per heavy atom. The number of hydrogen-bond donors (Lipinski definition) is 0. The topological polar surface area (TPSA) is 67.9 Å². The zero-order valence-corrected chi connectivity index (χ0v) is 48.4. The van der Waals surface area contributed by atoms with Crippen molar-refractivity contribution in [2.24, 2.45) is 0 Å². The number of nitrogens with zero attached hydrogens (tertiary/aromatic N) is 8. The first-order chi connectivity index (χ1) is 40.2. The Labute approximate surface area is 496 Å². The quantitative estimate of drug-likeness (QED) is 0.155. The molecule has 0 saturated carbocycles. The molecule has 400 valence electrons. The van der Waals surface area contributed by atoms with Crippen LogP contribution in [0.4, 0.5) is 34.1 Å². The molecular formula is C74H54N8Pt. The van der Waals surface area contributed by atoms with Gasteiger partial charge in [-0.3, -0.25) is 9.55 Å². The second-order valence-corrected chi connectivity index (χ2v) is 22.1. The van der Waals surface area contributed by atoms with Crippen LogP contribution in [0.3, 0.4) is 0 Å². The molecule has 0 spiro atoms. The Bertz CT molecular complexity index is 4460. The first-order valence-electron chi connectivity index (χ1n) is 27.9. The van der Waals surface area contributed by atoms with Crippen molar-refractivity contribution >= 4 is 77.7 Å². The molecule has 83 heavy (non-hydrogen) atoms. The minimum atomic E-state index is -0.236. The molecule has 0 N–H and O–H groups in total. The molecule has 16 rings (SSSR count). The number of rotatable bonds is 6. The normalized spacial score (nSPS) is 13.6. The summed E-state index contributed by atoms with van der Waals surface area (Å²) in [6, 6.07) is 88.6. The Balaban J connectivity index is 0.000000146. The van der Waals surface area contributed by atoms with Crippen LogP contribution in [0.25, 0.3) is 77.8 Å². The Hall–Kier alpha value is -9.75. The number of anilines is 6. The summed E-state index contributed by atoms with van der Waals surface area (Å²) in [4.78, 5) is 23.4. The number of hydrogen-bond acceptors (Lipinski definition) is 6. The molecule has 0 saturated heterocycles. The van der Waals surface area contributed by atoms with Crippen molar-refractivity contribution in [3.05, 3.63) is 290 Å². The summed E-state index contributed by atoms with van der Waals surface area (Å²) in [6.07, 6.45) is 7.38. The largest absolute Gasteiger partial charge is 2.00 e. The van der Waals surface area contributed by atoms with Gasteiger partial charge in [0.25, 0.3) is 0 Å². The fourth-order valence-electron chi connectivity index (χ4n) is 12.8. The van der Waals surface area contributed by atoms with E-state index in [9.17, 15) is 0 Å². The van der Waals surface area contributed by atoms with Crippen molar-refractivity contribution in [2.45, 2.75) is 38.5 Å². The van der Waals surface area contributed by atoms with Gasteiger partial charge in [-0.05, 0) is 130 Å². The Morgan fingerprint density at radius 3 is 1.57 bits per heavy atom. The maximum absolute atomic E-state index is 4.76. The fraction of sp³-hybridized carbons (Fsp3) is 0.0811. The summed E-state index contributed by atoms with van der Waals surface area (Å²) in [5.74, 6) is 1.79. The van der Waals surface area contributed by atoms with Crippen LogP contribution < -0.4 is 9.80 Å². The monoisotopic (exact) mass is 1250 g/mol. The molecule has 8 heterocycles. The molecule has 0 fully saturated rings. The van der Waals surface area contributed by atoms with Crippen LogP contribution in [0.2, 0.25) is 0 Å². The molecule has 8 aromatic carbocycles. The van der Waals surface area contributed by atoms with Crippen molar-refractivity contribution in [3.8, 4) is 34.2 Å². The van der Waals surface area contributed by atoms with Crippen LogP contribution in [0, 0.1) is 12.1 Å². The zero-order chi connectivity index (χ0) is 55.1. The van der Waals surface area contributed by atoms with Gasteiger partial charge >= 0.3 is 21.1 Å². The van der Waals surface area contributed by atoms with E-state index in [4.69, 9.17) is 9.97 Å². The van der Waals surface area contributed by atoms with E-state index in [0.717, 1.165) is 79.0 Å². The zero-order valence-electron chi connectivity index (χ0n) is 46.1. The van der Waals surface area contributed by atoms with Crippen LogP contribution in [0.1, 0.15) is 49.9 Å². The van der Waals surface area contributed by atoms with Crippen molar-refractivity contribution in [1.29, 1.82) is 0 Å². The second-order valence-electron chi connectivity index (χ2n) is 22.1. The third kappa shape index (κ3) is 8.38. The fourth-order valence-corrected chi connectivity index (χ4v) is 12.8. The van der Waals surface area contributed by atoms with Crippen LogP contribution >= 0.6 is 0 Å². The molecule has 2 aliphatic rings. The van der Waals surface area contributed by atoms with E-state index in [0.29, 0.717) is 0 Å². The van der Waals surface area contributed by atoms with E-state index in [-0.39, 0.29) is 31.9 Å². The maximum Gasteiger partial charge on any atom is 2.00 e. The van der Waals surface area contributed by atoms with Crippen LogP contribution in [-0.2, 0) is 31.9 Å². The van der Waals surface area contributed by atoms with E-state index in [2.05, 4.69) is 251 Å². The van der Waals surface area contributed by atoms with Gasteiger partial charge in [-0.15, -0.1) is 46.8 Å². The summed E-state index contributed by atoms with van der Waals surface area (Å²) < 4.78 is 4.52. The molecule has 0 atom stereocenters. The molecule has 0 bridgehead atoms. The maximum atomic E-state index is 4.76. The minimum absolute atomic E-state index is 0. The van der Waals surface area contributed by atoms with Gasteiger partial charge in [0.15, 0.2) is 0 Å². The number of para-hydroxylation sites is 4. The minimum Gasteiger partial charge on any atom is -0.352 e. The van der Waals surface area contributed by atoms with E-state index in [1.165, 1.54) is 55.2 Å². The van der Waals surface area contributed by atoms with E-state index >= 15 is 0 Å². The van der Waals surface area contributed by atoms with Gasteiger partial charge in [0.05, 0.1) is 28.1 Å². The van der Waals surface area contributed by atoms with Gasteiger partial charge in [-0.25, -0.2) is 9.97 Å². The van der Waals surface area contributed by atoms with E-state index in [1.54, 1.807) is 0 Å².